The molecule has 0 aliphatic rings. The van der Waals surface area contributed by atoms with Crippen LogP contribution in [0.1, 0.15) is 43.5 Å². The van der Waals surface area contributed by atoms with Crippen molar-refractivity contribution in [1.82, 2.24) is 0 Å². The van der Waals surface area contributed by atoms with Crippen molar-refractivity contribution in [2.45, 2.75) is 23.7 Å². The van der Waals surface area contributed by atoms with E-state index in [4.69, 9.17) is 4.74 Å². The summed E-state index contributed by atoms with van der Waals surface area (Å²) in [6.07, 6.45) is -1.10. The van der Waals surface area contributed by atoms with E-state index in [-0.39, 0.29) is 22.0 Å². The maximum atomic E-state index is 13.1. The minimum Gasteiger partial charge on any atom is -0.445 e. The molecule has 0 amide bonds. The quantitative estimate of drug-likeness (QED) is 0.235. The number of benzene rings is 4. The van der Waals surface area contributed by atoms with Gasteiger partial charge in [0.05, 0.1) is 16.2 Å². The third-order valence-electron chi connectivity index (χ3n) is 5.55. The maximum Gasteiger partial charge on any atom is 0.339 e. The average molecular weight is 485 g/mol. The van der Waals surface area contributed by atoms with Gasteiger partial charge in [-0.1, -0.05) is 90.5 Å². The van der Waals surface area contributed by atoms with Crippen LogP contribution in [0.2, 0.25) is 0 Å². The van der Waals surface area contributed by atoms with Crippen LogP contribution in [0.25, 0.3) is 0 Å². The highest BCUT2D eigenvalue weighted by molar-refractivity contribution is 7.90. The summed E-state index contributed by atoms with van der Waals surface area (Å²) < 4.78 is 31.1. The topological polar surface area (TPSA) is 77.5 Å². The molecule has 1 atom stereocenters. The molecule has 4 aromatic rings. The van der Waals surface area contributed by atoms with Crippen LogP contribution >= 0.6 is 0 Å². The number of carbonyl (C=O) groups excluding carboxylic acids is 2. The molecule has 4 rings (SSSR count). The average Bonchev–Trinajstić information content (AvgIpc) is 2.88. The summed E-state index contributed by atoms with van der Waals surface area (Å²) in [6, 6.07) is 30.4. The number of hydrogen-bond acceptors (Lipinski definition) is 5. The Balaban J connectivity index is 1.52. The Bertz CT molecular complexity index is 1410. The molecule has 176 valence electrons. The molecule has 0 aliphatic heterocycles. The second-order valence-corrected chi connectivity index (χ2v) is 10.2. The van der Waals surface area contributed by atoms with E-state index in [1.807, 2.05) is 13.0 Å². The zero-order chi connectivity index (χ0) is 24.8. The molecule has 0 N–H and O–H groups in total. The zero-order valence-electron chi connectivity index (χ0n) is 19.1. The van der Waals surface area contributed by atoms with Gasteiger partial charge in [0, 0.05) is 11.1 Å². The highest BCUT2D eigenvalue weighted by Crippen LogP contribution is 2.25. The number of Topliss-reactive ketones (excluding diaryl/α,β-unsaturated/α-hetero) is 1. The van der Waals surface area contributed by atoms with Crippen molar-refractivity contribution in [1.29, 1.82) is 0 Å². The van der Waals surface area contributed by atoms with E-state index in [1.54, 1.807) is 91.0 Å². The molecule has 0 radical (unpaired) electrons. The second kappa shape index (κ2) is 10.5. The van der Waals surface area contributed by atoms with E-state index in [0.29, 0.717) is 16.7 Å². The van der Waals surface area contributed by atoms with Gasteiger partial charge in [-0.2, -0.15) is 0 Å². The van der Waals surface area contributed by atoms with Crippen LogP contribution in [0.5, 0.6) is 0 Å². The Kier molecular flexibility index (Phi) is 7.22. The van der Waals surface area contributed by atoms with Crippen LogP contribution < -0.4 is 0 Å². The Labute approximate surface area is 204 Å². The highest BCUT2D eigenvalue weighted by atomic mass is 32.2. The lowest BCUT2D eigenvalue weighted by Crippen LogP contribution is -2.20. The summed E-state index contributed by atoms with van der Waals surface area (Å²) in [5.41, 5.74) is 2.75. The fourth-order valence-electron chi connectivity index (χ4n) is 3.62. The van der Waals surface area contributed by atoms with E-state index < -0.39 is 21.9 Å². The van der Waals surface area contributed by atoms with Crippen molar-refractivity contribution >= 4 is 21.6 Å². The number of aryl methyl sites for hydroxylation is 1. The Hall–Kier alpha value is -4.03. The van der Waals surface area contributed by atoms with Gasteiger partial charge in [0.2, 0.25) is 5.78 Å². The number of hydrogen-bond donors (Lipinski definition) is 0. The van der Waals surface area contributed by atoms with Gasteiger partial charge in [-0.15, -0.1) is 0 Å². The molecule has 0 bridgehead atoms. The lowest BCUT2D eigenvalue weighted by atomic mass is 9.99. The molecular weight excluding hydrogens is 460 g/mol. The summed E-state index contributed by atoms with van der Waals surface area (Å²) in [6.45, 7) is 1.89. The Morgan fingerprint density at radius 1 is 0.714 bits per heavy atom. The Morgan fingerprint density at radius 3 is 1.89 bits per heavy atom. The van der Waals surface area contributed by atoms with Crippen molar-refractivity contribution in [3.05, 3.63) is 137 Å². The molecule has 0 saturated heterocycles. The highest BCUT2D eigenvalue weighted by Gasteiger charge is 2.26. The van der Waals surface area contributed by atoms with Crippen LogP contribution in [0, 0.1) is 6.92 Å². The molecule has 5 nitrogen and oxygen atoms in total. The van der Waals surface area contributed by atoms with Gasteiger partial charge in [0.15, 0.2) is 15.9 Å². The molecule has 4 aromatic carbocycles. The van der Waals surface area contributed by atoms with Gasteiger partial charge in [-0.05, 0) is 36.8 Å². The van der Waals surface area contributed by atoms with Crippen molar-refractivity contribution in [3.63, 3.8) is 0 Å². The monoisotopic (exact) mass is 484 g/mol. The van der Waals surface area contributed by atoms with Crippen LogP contribution in [-0.4, -0.2) is 20.2 Å². The predicted molar refractivity (Wildman–Crippen MR) is 134 cm³/mol. The van der Waals surface area contributed by atoms with Gasteiger partial charge in [0.25, 0.3) is 0 Å². The number of ether oxygens (including phenoxy) is 1. The number of ketones is 1. The van der Waals surface area contributed by atoms with E-state index in [1.165, 1.54) is 12.1 Å². The lowest BCUT2D eigenvalue weighted by Gasteiger charge is -2.17. The fourth-order valence-corrected chi connectivity index (χ4v) is 4.96. The summed E-state index contributed by atoms with van der Waals surface area (Å²) >= 11 is 0. The van der Waals surface area contributed by atoms with Gasteiger partial charge in [0.1, 0.15) is 0 Å². The summed E-state index contributed by atoms with van der Waals surface area (Å²) in [7, 11) is -3.52. The van der Waals surface area contributed by atoms with Crippen molar-refractivity contribution in [2.75, 3.05) is 0 Å². The first-order valence-corrected chi connectivity index (χ1v) is 12.7. The molecule has 0 heterocycles. The normalized spacial score (nSPS) is 12.0. The smallest absolute Gasteiger partial charge is 0.339 e. The molecule has 35 heavy (non-hydrogen) atoms. The van der Waals surface area contributed by atoms with Gasteiger partial charge < -0.3 is 4.74 Å². The van der Waals surface area contributed by atoms with Crippen LogP contribution in [0.15, 0.2) is 114 Å². The first-order valence-electron chi connectivity index (χ1n) is 11.1. The van der Waals surface area contributed by atoms with E-state index >= 15 is 0 Å². The van der Waals surface area contributed by atoms with E-state index in [9.17, 15) is 18.0 Å². The number of rotatable bonds is 8. The minimum absolute atomic E-state index is 0.190. The Morgan fingerprint density at radius 2 is 1.29 bits per heavy atom. The SMILES string of the molecule is Cc1ccc(S(=O)(=O)Cc2ccc(C(=O)O[C@H](C(=O)c3ccccc3)c3ccccc3)cc2)cc1. The van der Waals surface area contributed by atoms with Crippen LogP contribution in [-0.2, 0) is 20.3 Å². The van der Waals surface area contributed by atoms with Crippen LogP contribution in [0.3, 0.4) is 0 Å². The molecule has 0 aliphatic carbocycles. The zero-order valence-corrected chi connectivity index (χ0v) is 19.9. The van der Waals surface area contributed by atoms with Gasteiger partial charge in [-0.3, -0.25) is 4.79 Å². The molecule has 0 saturated carbocycles. The lowest BCUT2D eigenvalue weighted by molar-refractivity contribution is 0.0280. The standard InChI is InChI=1S/C29H24O5S/c1-21-12-18-26(19-13-21)35(32,33)20-22-14-16-25(17-15-22)29(31)34-28(24-10-6-3-7-11-24)27(30)23-8-4-2-5-9-23/h2-19,28H,20H2,1H3/t28-/m0/s1. The second-order valence-electron chi connectivity index (χ2n) is 8.20. The van der Waals surface area contributed by atoms with Gasteiger partial charge >= 0.3 is 5.97 Å². The van der Waals surface area contributed by atoms with Crippen molar-refractivity contribution in [3.8, 4) is 0 Å². The van der Waals surface area contributed by atoms with Gasteiger partial charge in [-0.25, -0.2) is 13.2 Å². The maximum absolute atomic E-state index is 13.1. The van der Waals surface area contributed by atoms with Crippen LogP contribution in [0.4, 0.5) is 0 Å². The molecule has 6 heteroatoms. The summed E-state index contributed by atoms with van der Waals surface area (Å²) in [5, 5.41) is 0. The largest absolute Gasteiger partial charge is 0.445 e. The number of carbonyl (C=O) groups is 2. The third-order valence-corrected chi connectivity index (χ3v) is 7.25. The summed E-state index contributed by atoms with van der Waals surface area (Å²) in [5.74, 6) is -1.19. The predicted octanol–water partition coefficient (Wildman–Crippen LogP) is 5.75. The first kappa shape index (κ1) is 24.1. The third kappa shape index (κ3) is 5.91. The minimum atomic E-state index is -3.52. The van der Waals surface area contributed by atoms with E-state index in [0.717, 1.165) is 5.56 Å². The van der Waals surface area contributed by atoms with E-state index in [2.05, 4.69) is 0 Å². The van der Waals surface area contributed by atoms with Crippen molar-refractivity contribution < 1.29 is 22.7 Å². The molecular formula is C29H24O5S. The molecule has 0 aromatic heterocycles. The number of sulfone groups is 1. The summed E-state index contributed by atoms with van der Waals surface area (Å²) in [4.78, 5) is 26.3. The number of esters is 1. The molecule has 0 unspecified atom stereocenters. The molecule has 0 spiro atoms. The van der Waals surface area contributed by atoms with Crippen molar-refractivity contribution in [2.24, 2.45) is 0 Å². The molecule has 0 fully saturated rings. The fraction of sp³-hybridized carbons (Fsp3) is 0.103. The first-order chi connectivity index (χ1) is 16.8.